The molecule has 0 N–H and O–H groups in total. The highest BCUT2D eigenvalue weighted by Crippen LogP contribution is 2.30. The first-order valence-electron chi connectivity index (χ1n) is 5.07. The molecule has 0 radical (unpaired) electrons. The smallest absolute Gasteiger partial charge is 0.151 e. The summed E-state index contributed by atoms with van der Waals surface area (Å²) in [6, 6.07) is 0. The Kier molecular flexibility index (Phi) is 3.34. The van der Waals surface area contributed by atoms with Crippen molar-refractivity contribution in [3.63, 3.8) is 0 Å². The molecule has 1 saturated heterocycles. The molecule has 3 nitrogen and oxygen atoms in total. The summed E-state index contributed by atoms with van der Waals surface area (Å²) in [5.41, 5.74) is 0.793. The van der Waals surface area contributed by atoms with Crippen molar-refractivity contribution in [1.82, 2.24) is 9.97 Å². The molecule has 1 unspecified atom stereocenters. The van der Waals surface area contributed by atoms with Crippen molar-refractivity contribution >= 4 is 17.7 Å². The van der Waals surface area contributed by atoms with Gasteiger partial charge >= 0.3 is 0 Å². The zero-order valence-electron chi connectivity index (χ0n) is 8.45. The Labute approximate surface area is 94.1 Å². The summed E-state index contributed by atoms with van der Waals surface area (Å²) in [6.45, 7) is 4.42. The Bertz CT molecular complexity index is 362. The molecule has 1 aromatic rings. The predicted octanol–water partition coefficient (Wildman–Crippen LogP) is 3.01. The fraction of sp³-hybridized carbons (Fsp3) is 0.455. The van der Waals surface area contributed by atoms with Gasteiger partial charge in [0.05, 0.1) is 10.7 Å². The van der Waals surface area contributed by atoms with E-state index >= 15 is 0 Å². The standard InChI is InChI=1S/C11H13ClN2O/c1-2-10-13-7-8(12)11(14-10)9-5-3-4-6-15-9/h2,7,9H,1,3-6H2. The van der Waals surface area contributed by atoms with E-state index in [-0.39, 0.29) is 6.10 Å². The lowest BCUT2D eigenvalue weighted by Gasteiger charge is -2.22. The van der Waals surface area contributed by atoms with E-state index in [9.17, 15) is 0 Å². The molecule has 1 aliphatic rings. The molecule has 0 amide bonds. The third-order valence-corrected chi connectivity index (χ3v) is 2.75. The molecule has 0 aliphatic carbocycles. The number of aromatic nitrogens is 2. The lowest BCUT2D eigenvalue weighted by Crippen LogP contribution is -2.14. The Morgan fingerprint density at radius 1 is 1.53 bits per heavy atom. The van der Waals surface area contributed by atoms with Gasteiger partial charge in [0.15, 0.2) is 5.82 Å². The molecule has 1 aliphatic heterocycles. The summed E-state index contributed by atoms with van der Waals surface area (Å²) in [6.07, 6.45) is 6.50. The van der Waals surface area contributed by atoms with Crippen molar-refractivity contribution in [2.24, 2.45) is 0 Å². The van der Waals surface area contributed by atoms with Gasteiger partial charge in [-0.2, -0.15) is 0 Å². The van der Waals surface area contributed by atoms with Crippen LogP contribution in [0.4, 0.5) is 0 Å². The van der Waals surface area contributed by atoms with Gasteiger partial charge in [0.25, 0.3) is 0 Å². The zero-order valence-corrected chi connectivity index (χ0v) is 9.20. The molecule has 0 saturated carbocycles. The number of halogens is 1. The lowest BCUT2D eigenvalue weighted by molar-refractivity contribution is 0.0123. The van der Waals surface area contributed by atoms with Crippen LogP contribution in [0.2, 0.25) is 5.02 Å². The molecular formula is C11H13ClN2O. The van der Waals surface area contributed by atoms with Crippen molar-refractivity contribution in [2.45, 2.75) is 25.4 Å². The van der Waals surface area contributed by atoms with Gasteiger partial charge in [-0.1, -0.05) is 18.2 Å². The summed E-state index contributed by atoms with van der Waals surface area (Å²) in [5.74, 6) is 0.601. The van der Waals surface area contributed by atoms with Crippen LogP contribution in [0.1, 0.15) is 36.9 Å². The van der Waals surface area contributed by atoms with Crippen LogP contribution in [0.15, 0.2) is 12.8 Å². The maximum atomic E-state index is 6.05. The lowest BCUT2D eigenvalue weighted by atomic mass is 10.1. The molecular weight excluding hydrogens is 212 g/mol. The molecule has 2 heterocycles. The molecule has 4 heteroatoms. The topological polar surface area (TPSA) is 35.0 Å². The number of ether oxygens (including phenoxy) is 1. The van der Waals surface area contributed by atoms with Crippen LogP contribution in [0, 0.1) is 0 Å². The van der Waals surface area contributed by atoms with Crippen LogP contribution in [0.3, 0.4) is 0 Å². The maximum Gasteiger partial charge on any atom is 0.151 e. The first-order chi connectivity index (χ1) is 7.31. The summed E-state index contributed by atoms with van der Waals surface area (Å²) >= 11 is 6.05. The molecule has 1 fully saturated rings. The van der Waals surface area contributed by atoms with Crippen molar-refractivity contribution < 1.29 is 4.74 Å². The third kappa shape index (κ3) is 2.36. The van der Waals surface area contributed by atoms with Gasteiger partial charge in [0.2, 0.25) is 0 Å². The van der Waals surface area contributed by atoms with Gasteiger partial charge in [0.1, 0.15) is 6.10 Å². The van der Waals surface area contributed by atoms with Crippen molar-refractivity contribution in [3.8, 4) is 0 Å². The minimum Gasteiger partial charge on any atom is -0.372 e. The highest BCUT2D eigenvalue weighted by Gasteiger charge is 2.20. The van der Waals surface area contributed by atoms with E-state index < -0.39 is 0 Å². The SMILES string of the molecule is C=Cc1ncc(Cl)c(C2CCCCO2)n1. The Balaban J connectivity index is 2.28. The number of rotatable bonds is 2. The van der Waals surface area contributed by atoms with Crippen molar-refractivity contribution in [3.05, 3.63) is 29.3 Å². The van der Waals surface area contributed by atoms with E-state index in [1.807, 2.05) is 0 Å². The molecule has 0 spiro atoms. The number of hydrogen-bond donors (Lipinski definition) is 0. The Morgan fingerprint density at radius 3 is 3.07 bits per heavy atom. The number of nitrogens with zero attached hydrogens (tertiary/aromatic N) is 2. The fourth-order valence-electron chi connectivity index (χ4n) is 1.68. The van der Waals surface area contributed by atoms with E-state index in [0.717, 1.165) is 31.6 Å². The predicted molar refractivity (Wildman–Crippen MR) is 59.7 cm³/mol. The van der Waals surface area contributed by atoms with Crippen LogP contribution in [-0.2, 0) is 4.74 Å². The first kappa shape index (κ1) is 10.6. The molecule has 2 rings (SSSR count). The average molecular weight is 225 g/mol. The Morgan fingerprint density at radius 2 is 2.40 bits per heavy atom. The van der Waals surface area contributed by atoms with Crippen LogP contribution >= 0.6 is 11.6 Å². The highest BCUT2D eigenvalue weighted by molar-refractivity contribution is 6.31. The number of hydrogen-bond acceptors (Lipinski definition) is 3. The second kappa shape index (κ2) is 4.73. The first-order valence-corrected chi connectivity index (χ1v) is 5.45. The normalized spacial score (nSPS) is 21.3. The minimum atomic E-state index is 0.0212. The average Bonchev–Trinajstić information content (AvgIpc) is 2.31. The van der Waals surface area contributed by atoms with Crippen LogP contribution < -0.4 is 0 Å². The minimum absolute atomic E-state index is 0.0212. The van der Waals surface area contributed by atoms with Crippen molar-refractivity contribution in [1.29, 1.82) is 0 Å². The molecule has 80 valence electrons. The van der Waals surface area contributed by atoms with Crippen LogP contribution in [0.5, 0.6) is 0 Å². The second-order valence-corrected chi connectivity index (χ2v) is 3.93. The largest absolute Gasteiger partial charge is 0.372 e. The van der Waals surface area contributed by atoms with E-state index in [1.54, 1.807) is 12.3 Å². The summed E-state index contributed by atoms with van der Waals surface area (Å²) in [4.78, 5) is 8.36. The summed E-state index contributed by atoms with van der Waals surface area (Å²) < 4.78 is 5.64. The highest BCUT2D eigenvalue weighted by atomic mass is 35.5. The van der Waals surface area contributed by atoms with Gasteiger partial charge in [-0.15, -0.1) is 0 Å². The molecule has 15 heavy (non-hydrogen) atoms. The molecule has 0 bridgehead atoms. The molecule has 0 aromatic carbocycles. The van der Waals surface area contributed by atoms with Gasteiger partial charge in [0, 0.05) is 12.8 Å². The van der Waals surface area contributed by atoms with Gasteiger partial charge in [-0.25, -0.2) is 9.97 Å². The van der Waals surface area contributed by atoms with Crippen LogP contribution in [0.25, 0.3) is 6.08 Å². The van der Waals surface area contributed by atoms with E-state index in [1.165, 1.54) is 0 Å². The summed E-state index contributed by atoms with van der Waals surface area (Å²) in [7, 11) is 0. The van der Waals surface area contributed by atoms with Gasteiger partial charge < -0.3 is 4.74 Å². The summed E-state index contributed by atoms with van der Waals surface area (Å²) in [5, 5.41) is 0.576. The van der Waals surface area contributed by atoms with Gasteiger partial charge in [-0.3, -0.25) is 0 Å². The Hall–Kier alpha value is -0.930. The van der Waals surface area contributed by atoms with Gasteiger partial charge in [-0.05, 0) is 25.3 Å². The third-order valence-electron chi connectivity index (χ3n) is 2.46. The molecule has 1 aromatic heterocycles. The zero-order chi connectivity index (χ0) is 10.7. The van der Waals surface area contributed by atoms with Crippen LogP contribution in [-0.4, -0.2) is 16.6 Å². The monoisotopic (exact) mass is 224 g/mol. The van der Waals surface area contributed by atoms with E-state index in [2.05, 4.69) is 16.5 Å². The second-order valence-electron chi connectivity index (χ2n) is 3.52. The van der Waals surface area contributed by atoms with E-state index in [0.29, 0.717) is 10.8 Å². The quantitative estimate of drug-likeness (QED) is 0.775. The maximum absolute atomic E-state index is 6.05. The molecule has 1 atom stereocenters. The van der Waals surface area contributed by atoms with E-state index in [4.69, 9.17) is 16.3 Å². The van der Waals surface area contributed by atoms with Crippen molar-refractivity contribution in [2.75, 3.05) is 6.61 Å². The fourth-order valence-corrected chi connectivity index (χ4v) is 1.89.